The van der Waals surface area contributed by atoms with Crippen LogP contribution in [0.3, 0.4) is 0 Å². The third kappa shape index (κ3) is 5.06. The molecular weight excluding hydrogens is 442 g/mol. The summed E-state index contributed by atoms with van der Waals surface area (Å²) >= 11 is 5.84. The molecule has 0 aliphatic carbocycles. The zero-order valence-corrected chi connectivity index (χ0v) is 19.4. The van der Waals surface area contributed by atoms with Crippen molar-refractivity contribution in [2.45, 2.75) is 33.2 Å². The van der Waals surface area contributed by atoms with Crippen LogP contribution in [-0.4, -0.2) is 44.6 Å². The van der Waals surface area contributed by atoms with Gasteiger partial charge in [0.2, 0.25) is 5.91 Å². The van der Waals surface area contributed by atoms with Gasteiger partial charge in [-0.25, -0.2) is 9.67 Å². The molecule has 1 fully saturated rings. The molecule has 0 saturated carbocycles. The molecule has 0 atom stereocenters. The molecule has 3 heterocycles. The Bertz CT molecular complexity index is 1230. The molecule has 0 bridgehead atoms. The van der Waals surface area contributed by atoms with Crippen LogP contribution in [0.15, 0.2) is 47.4 Å². The molecule has 1 aliphatic rings. The maximum Gasteiger partial charge on any atom is 0.274 e. The van der Waals surface area contributed by atoms with Gasteiger partial charge in [-0.15, -0.1) is 0 Å². The molecule has 4 rings (SSSR count). The lowest BCUT2D eigenvalue weighted by atomic mass is 9.95. The lowest BCUT2D eigenvalue weighted by molar-refractivity contribution is -0.121. The molecule has 0 radical (unpaired) electrons. The first kappa shape index (κ1) is 22.9. The number of amides is 2. The molecule has 1 N–H and O–H groups in total. The molecule has 33 heavy (non-hydrogen) atoms. The zero-order valence-electron chi connectivity index (χ0n) is 18.6. The number of fused-ring (bicyclic) bond motifs is 1. The van der Waals surface area contributed by atoms with E-state index in [0.29, 0.717) is 54.1 Å². The van der Waals surface area contributed by atoms with Crippen molar-refractivity contribution in [2.24, 2.45) is 11.8 Å². The monoisotopic (exact) mass is 467 g/mol. The Morgan fingerprint density at radius 2 is 1.82 bits per heavy atom. The number of halogens is 1. The number of rotatable bonds is 5. The molecule has 8 nitrogen and oxygen atoms in total. The lowest BCUT2D eigenvalue weighted by Crippen LogP contribution is -2.42. The first-order valence-corrected chi connectivity index (χ1v) is 11.4. The average Bonchev–Trinajstić information content (AvgIpc) is 2.82. The van der Waals surface area contributed by atoms with Crippen molar-refractivity contribution < 1.29 is 9.59 Å². The van der Waals surface area contributed by atoms with Crippen molar-refractivity contribution in [3.8, 4) is 0 Å². The Labute approximate surface area is 196 Å². The van der Waals surface area contributed by atoms with Gasteiger partial charge in [-0.05, 0) is 37.0 Å². The molecular formula is C24H26ClN5O3. The van der Waals surface area contributed by atoms with E-state index in [1.54, 1.807) is 41.3 Å². The smallest absolute Gasteiger partial charge is 0.274 e. The van der Waals surface area contributed by atoms with Gasteiger partial charge in [0.15, 0.2) is 5.69 Å². The summed E-state index contributed by atoms with van der Waals surface area (Å²) in [6.45, 7) is 5.31. The van der Waals surface area contributed by atoms with Crippen molar-refractivity contribution >= 4 is 40.0 Å². The van der Waals surface area contributed by atoms with Crippen molar-refractivity contribution in [2.75, 3.05) is 18.4 Å². The summed E-state index contributed by atoms with van der Waals surface area (Å²) in [5.41, 5.74) is 0.0844. The number of hydrogen-bond acceptors (Lipinski definition) is 5. The third-order valence-electron chi connectivity index (χ3n) is 5.74. The molecule has 1 saturated heterocycles. The lowest BCUT2D eigenvalue weighted by Gasteiger charge is -2.31. The molecule has 0 unspecified atom stereocenters. The van der Waals surface area contributed by atoms with Crippen molar-refractivity contribution in [3.05, 3.63) is 63.7 Å². The average molecular weight is 468 g/mol. The molecule has 3 aromatic rings. The van der Waals surface area contributed by atoms with Gasteiger partial charge in [0, 0.05) is 37.1 Å². The number of anilines is 1. The zero-order chi connectivity index (χ0) is 23.5. The van der Waals surface area contributed by atoms with Gasteiger partial charge in [-0.2, -0.15) is 5.10 Å². The van der Waals surface area contributed by atoms with Crippen LogP contribution in [0.5, 0.6) is 0 Å². The van der Waals surface area contributed by atoms with E-state index in [2.05, 4.69) is 15.4 Å². The van der Waals surface area contributed by atoms with Crippen molar-refractivity contribution in [1.82, 2.24) is 19.7 Å². The fraction of sp³-hybridized carbons (Fsp3) is 0.375. The summed E-state index contributed by atoms with van der Waals surface area (Å²) in [4.78, 5) is 44.6. The van der Waals surface area contributed by atoms with E-state index in [4.69, 9.17) is 11.6 Å². The standard InChI is InChI=1S/C24H26ClN5O3/c1-15(2)14-30-23(32)19-6-4-3-5-18(19)21(28-30)24(33)29-11-9-16(10-12-29)22(31)27-20-8-7-17(25)13-26-20/h3-8,13,15-16H,9-12,14H2,1-2H3,(H,26,27,31). The van der Waals surface area contributed by atoms with E-state index in [0.717, 1.165) is 0 Å². The largest absolute Gasteiger partial charge is 0.337 e. The van der Waals surface area contributed by atoms with Crippen LogP contribution in [0.25, 0.3) is 10.8 Å². The minimum atomic E-state index is -0.220. The van der Waals surface area contributed by atoms with Gasteiger partial charge in [0.1, 0.15) is 5.82 Å². The number of nitrogens with zero attached hydrogens (tertiary/aromatic N) is 4. The SMILES string of the molecule is CC(C)Cn1nc(C(=O)N2CCC(C(=O)Nc3ccc(Cl)cn3)CC2)c2ccccc2c1=O. The Kier molecular flexibility index (Phi) is 6.74. The van der Waals surface area contributed by atoms with Crippen molar-refractivity contribution in [3.63, 3.8) is 0 Å². The van der Waals surface area contributed by atoms with E-state index in [9.17, 15) is 14.4 Å². The highest BCUT2D eigenvalue weighted by atomic mass is 35.5. The normalized spacial score (nSPS) is 14.6. The second-order valence-electron chi connectivity index (χ2n) is 8.69. The number of piperidine rings is 1. The minimum Gasteiger partial charge on any atom is -0.337 e. The number of aromatic nitrogens is 3. The van der Waals surface area contributed by atoms with E-state index in [-0.39, 0.29) is 34.9 Å². The van der Waals surface area contributed by atoms with Gasteiger partial charge in [-0.1, -0.05) is 43.6 Å². The van der Waals surface area contributed by atoms with Gasteiger partial charge in [0.25, 0.3) is 11.5 Å². The molecule has 9 heteroatoms. The molecule has 2 aromatic heterocycles. The number of nitrogens with one attached hydrogen (secondary N) is 1. The summed E-state index contributed by atoms with van der Waals surface area (Å²) in [5.74, 6) is 0.105. The van der Waals surface area contributed by atoms with Gasteiger partial charge < -0.3 is 10.2 Å². The van der Waals surface area contributed by atoms with E-state index < -0.39 is 0 Å². The molecule has 172 valence electrons. The third-order valence-corrected chi connectivity index (χ3v) is 5.96. The van der Waals surface area contributed by atoms with Crippen LogP contribution in [0.4, 0.5) is 5.82 Å². The fourth-order valence-corrected chi connectivity index (χ4v) is 4.15. The predicted octanol–water partition coefficient (Wildman–Crippen LogP) is 3.59. The maximum atomic E-state index is 13.4. The van der Waals surface area contributed by atoms with Crippen LogP contribution >= 0.6 is 11.6 Å². The summed E-state index contributed by atoms with van der Waals surface area (Å²) in [6.07, 6.45) is 2.55. The minimum absolute atomic E-state index is 0.119. The molecule has 1 aliphatic heterocycles. The Balaban J connectivity index is 1.49. The highest BCUT2D eigenvalue weighted by molar-refractivity contribution is 6.30. The number of carbonyl (C=O) groups is 2. The number of carbonyl (C=O) groups excluding carboxylic acids is 2. The summed E-state index contributed by atoms with van der Waals surface area (Å²) in [7, 11) is 0. The second-order valence-corrected chi connectivity index (χ2v) is 9.13. The summed E-state index contributed by atoms with van der Waals surface area (Å²) < 4.78 is 1.39. The number of likely N-dealkylation sites (tertiary alicyclic amines) is 1. The van der Waals surface area contributed by atoms with E-state index in [1.165, 1.54) is 10.9 Å². The highest BCUT2D eigenvalue weighted by Crippen LogP contribution is 2.23. The highest BCUT2D eigenvalue weighted by Gasteiger charge is 2.30. The van der Waals surface area contributed by atoms with Crippen LogP contribution in [-0.2, 0) is 11.3 Å². The summed E-state index contributed by atoms with van der Waals surface area (Å²) in [6, 6.07) is 10.4. The molecule has 0 spiro atoms. The van der Waals surface area contributed by atoms with Crippen LogP contribution in [0.1, 0.15) is 37.2 Å². The number of hydrogen-bond donors (Lipinski definition) is 1. The van der Waals surface area contributed by atoms with E-state index >= 15 is 0 Å². The van der Waals surface area contributed by atoms with Gasteiger partial charge in [-0.3, -0.25) is 14.4 Å². The number of pyridine rings is 1. The predicted molar refractivity (Wildman–Crippen MR) is 127 cm³/mol. The molecule has 2 amide bonds. The van der Waals surface area contributed by atoms with Crippen LogP contribution in [0.2, 0.25) is 5.02 Å². The van der Waals surface area contributed by atoms with Crippen LogP contribution < -0.4 is 10.9 Å². The topological polar surface area (TPSA) is 97.2 Å². The Morgan fingerprint density at radius 3 is 2.45 bits per heavy atom. The van der Waals surface area contributed by atoms with E-state index in [1.807, 2.05) is 13.8 Å². The Hall–Kier alpha value is -3.26. The first-order valence-electron chi connectivity index (χ1n) is 11.0. The first-order chi connectivity index (χ1) is 15.8. The van der Waals surface area contributed by atoms with Crippen LogP contribution in [0, 0.1) is 11.8 Å². The molecule has 1 aromatic carbocycles. The fourth-order valence-electron chi connectivity index (χ4n) is 4.04. The number of benzene rings is 1. The maximum absolute atomic E-state index is 13.4. The second kappa shape index (κ2) is 9.70. The van der Waals surface area contributed by atoms with Gasteiger partial charge in [0.05, 0.1) is 10.4 Å². The quantitative estimate of drug-likeness (QED) is 0.618. The summed E-state index contributed by atoms with van der Waals surface area (Å²) in [5, 5.41) is 8.80. The van der Waals surface area contributed by atoms with Gasteiger partial charge >= 0.3 is 0 Å². The van der Waals surface area contributed by atoms with Crippen molar-refractivity contribution in [1.29, 1.82) is 0 Å². The Morgan fingerprint density at radius 1 is 1.12 bits per heavy atom.